The summed E-state index contributed by atoms with van der Waals surface area (Å²) in [6.07, 6.45) is 3.33. The highest BCUT2D eigenvalue weighted by Crippen LogP contribution is 2.24. The molecule has 0 N–H and O–H groups in total. The number of hydrogen-bond acceptors (Lipinski definition) is 0. The van der Waals surface area contributed by atoms with E-state index < -0.39 is 0 Å². The molecule has 1 heteroatoms. The summed E-state index contributed by atoms with van der Waals surface area (Å²) in [6, 6.07) is 18.3. The van der Waals surface area contributed by atoms with Crippen LogP contribution in [0.15, 0.2) is 60.8 Å². The highest BCUT2D eigenvalue weighted by atomic mass is 14.6. The van der Waals surface area contributed by atoms with Gasteiger partial charge in [-0.05, 0) is 16.7 Å². The Hall–Kier alpha value is -2.33. The zero-order valence-corrected chi connectivity index (χ0v) is 8.80. The van der Waals surface area contributed by atoms with Crippen LogP contribution in [0, 0.1) is 6.57 Å². The molecule has 2 aromatic carbocycles. The highest BCUT2D eigenvalue weighted by molar-refractivity contribution is 5.75. The first-order valence-electron chi connectivity index (χ1n) is 5.09. The van der Waals surface area contributed by atoms with E-state index in [1.807, 2.05) is 42.5 Å². The molecule has 0 aliphatic rings. The van der Waals surface area contributed by atoms with Gasteiger partial charge in [0, 0.05) is 0 Å². The standard InChI is InChI=1S/C15H11N/c1-16-12-11-14-9-5-6-10-15(14)13-7-3-2-4-8-13/h2-12H. The largest absolute Gasteiger partial charge is 0.246 e. The van der Waals surface area contributed by atoms with Gasteiger partial charge in [0.15, 0.2) is 6.20 Å². The number of benzene rings is 2. The third-order valence-corrected chi connectivity index (χ3v) is 2.37. The van der Waals surface area contributed by atoms with Crippen LogP contribution < -0.4 is 0 Å². The third-order valence-electron chi connectivity index (χ3n) is 2.37. The lowest BCUT2D eigenvalue weighted by molar-refractivity contribution is 1.59. The van der Waals surface area contributed by atoms with E-state index in [1.54, 1.807) is 0 Å². The van der Waals surface area contributed by atoms with Gasteiger partial charge in [-0.15, -0.1) is 0 Å². The molecule has 0 atom stereocenters. The third kappa shape index (κ3) is 2.18. The lowest BCUT2D eigenvalue weighted by atomic mass is 10.00. The van der Waals surface area contributed by atoms with Gasteiger partial charge in [-0.3, -0.25) is 0 Å². The van der Waals surface area contributed by atoms with Gasteiger partial charge in [-0.25, -0.2) is 4.85 Å². The molecule has 0 heterocycles. The Bertz CT molecular complexity index is 533. The summed E-state index contributed by atoms with van der Waals surface area (Å²) in [6.45, 7) is 6.77. The van der Waals surface area contributed by atoms with Gasteiger partial charge >= 0.3 is 0 Å². The van der Waals surface area contributed by atoms with Crippen molar-refractivity contribution in [2.24, 2.45) is 0 Å². The van der Waals surface area contributed by atoms with Crippen molar-refractivity contribution >= 4 is 6.08 Å². The minimum absolute atomic E-state index is 1.07. The lowest BCUT2D eigenvalue weighted by Crippen LogP contribution is -1.81. The van der Waals surface area contributed by atoms with Crippen LogP contribution in [-0.2, 0) is 0 Å². The van der Waals surface area contributed by atoms with E-state index in [0.29, 0.717) is 0 Å². The molecule has 2 rings (SSSR count). The molecule has 0 unspecified atom stereocenters. The molecule has 0 saturated heterocycles. The van der Waals surface area contributed by atoms with Gasteiger partial charge in [-0.2, -0.15) is 0 Å². The molecule has 0 bridgehead atoms. The fraction of sp³-hybridized carbons (Fsp3) is 0. The van der Waals surface area contributed by atoms with Gasteiger partial charge in [0.2, 0.25) is 0 Å². The number of nitrogens with zero attached hydrogens (tertiary/aromatic N) is 1. The molecule has 76 valence electrons. The first-order valence-corrected chi connectivity index (χ1v) is 5.09. The summed E-state index contributed by atoms with van der Waals surface area (Å²) < 4.78 is 0. The van der Waals surface area contributed by atoms with Crippen molar-refractivity contribution in [3.8, 4) is 11.1 Å². The van der Waals surface area contributed by atoms with Crippen LogP contribution in [-0.4, -0.2) is 0 Å². The summed E-state index contributed by atoms with van der Waals surface area (Å²) in [5.74, 6) is 0. The molecule has 0 fully saturated rings. The van der Waals surface area contributed by atoms with Gasteiger partial charge in [0.1, 0.15) is 0 Å². The molecule has 0 aromatic heterocycles. The van der Waals surface area contributed by atoms with E-state index >= 15 is 0 Å². The van der Waals surface area contributed by atoms with Crippen molar-refractivity contribution in [3.05, 3.63) is 77.8 Å². The van der Waals surface area contributed by atoms with Crippen LogP contribution in [0.25, 0.3) is 22.0 Å². The minimum atomic E-state index is 1.07. The lowest BCUT2D eigenvalue weighted by Gasteiger charge is -2.05. The molecular weight excluding hydrogens is 194 g/mol. The maximum atomic E-state index is 6.77. The van der Waals surface area contributed by atoms with E-state index in [9.17, 15) is 0 Å². The van der Waals surface area contributed by atoms with Crippen LogP contribution in [0.5, 0.6) is 0 Å². The average Bonchev–Trinajstić information content (AvgIpc) is 2.38. The minimum Gasteiger partial charge on any atom is -0.246 e. The van der Waals surface area contributed by atoms with E-state index in [4.69, 9.17) is 6.57 Å². The maximum absolute atomic E-state index is 6.77. The average molecular weight is 205 g/mol. The monoisotopic (exact) mass is 205 g/mol. The van der Waals surface area contributed by atoms with Crippen LogP contribution in [0.4, 0.5) is 0 Å². The first-order chi connectivity index (χ1) is 7.92. The zero-order valence-electron chi connectivity index (χ0n) is 8.80. The molecule has 0 aliphatic heterocycles. The van der Waals surface area contributed by atoms with Crippen LogP contribution >= 0.6 is 0 Å². The van der Waals surface area contributed by atoms with Gasteiger partial charge in [0.25, 0.3) is 0 Å². The van der Waals surface area contributed by atoms with Crippen molar-refractivity contribution < 1.29 is 0 Å². The van der Waals surface area contributed by atoms with Crippen molar-refractivity contribution in [3.63, 3.8) is 0 Å². The zero-order chi connectivity index (χ0) is 11.2. The van der Waals surface area contributed by atoms with Crippen molar-refractivity contribution in [2.75, 3.05) is 0 Å². The molecule has 0 saturated carbocycles. The van der Waals surface area contributed by atoms with Crippen LogP contribution in [0.1, 0.15) is 5.56 Å². The fourth-order valence-corrected chi connectivity index (χ4v) is 1.64. The number of hydrogen-bond donors (Lipinski definition) is 0. The molecule has 0 aliphatic carbocycles. The molecule has 0 spiro atoms. The number of rotatable bonds is 2. The van der Waals surface area contributed by atoms with Crippen LogP contribution in [0.3, 0.4) is 0 Å². The molecule has 0 amide bonds. The Morgan fingerprint density at radius 1 is 0.875 bits per heavy atom. The van der Waals surface area contributed by atoms with E-state index in [1.165, 1.54) is 11.8 Å². The summed E-state index contributed by atoms with van der Waals surface area (Å²) in [4.78, 5) is 3.24. The second kappa shape index (κ2) is 4.95. The smallest absolute Gasteiger partial charge is 0.154 e. The summed E-state index contributed by atoms with van der Waals surface area (Å²) in [7, 11) is 0. The molecular formula is C15H11N. The Morgan fingerprint density at radius 2 is 1.56 bits per heavy atom. The normalized spacial score (nSPS) is 10.2. The van der Waals surface area contributed by atoms with Crippen molar-refractivity contribution in [1.82, 2.24) is 0 Å². The predicted octanol–water partition coefficient (Wildman–Crippen LogP) is 4.24. The van der Waals surface area contributed by atoms with E-state index in [2.05, 4.69) is 23.0 Å². The van der Waals surface area contributed by atoms with Crippen LogP contribution in [0.2, 0.25) is 0 Å². The second-order valence-electron chi connectivity index (χ2n) is 3.40. The fourth-order valence-electron chi connectivity index (χ4n) is 1.64. The van der Waals surface area contributed by atoms with E-state index in [0.717, 1.165) is 11.1 Å². The highest BCUT2D eigenvalue weighted by Gasteiger charge is 1.99. The molecule has 16 heavy (non-hydrogen) atoms. The first kappa shape index (κ1) is 10.2. The Kier molecular flexibility index (Phi) is 3.15. The summed E-state index contributed by atoms with van der Waals surface area (Å²) in [5, 5.41) is 0. The maximum Gasteiger partial charge on any atom is 0.154 e. The Labute approximate surface area is 95.5 Å². The predicted molar refractivity (Wildman–Crippen MR) is 67.5 cm³/mol. The second-order valence-corrected chi connectivity index (χ2v) is 3.40. The molecule has 1 nitrogen and oxygen atoms in total. The van der Waals surface area contributed by atoms with Crippen molar-refractivity contribution in [2.45, 2.75) is 0 Å². The Morgan fingerprint density at radius 3 is 2.31 bits per heavy atom. The summed E-state index contributed by atoms with van der Waals surface area (Å²) in [5.41, 5.74) is 3.40. The quantitative estimate of drug-likeness (QED) is 0.646. The van der Waals surface area contributed by atoms with Gasteiger partial charge in [-0.1, -0.05) is 60.7 Å². The van der Waals surface area contributed by atoms with E-state index in [-0.39, 0.29) is 0 Å². The summed E-state index contributed by atoms with van der Waals surface area (Å²) >= 11 is 0. The molecule has 0 radical (unpaired) electrons. The topological polar surface area (TPSA) is 4.36 Å². The van der Waals surface area contributed by atoms with Gasteiger partial charge < -0.3 is 0 Å². The van der Waals surface area contributed by atoms with Gasteiger partial charge in [0.05, 0.1) is 6.57 Å². The molecule has 2 aromatic rings. The SMILES string of the molecule is [C-]#[N+]C=Cc1ccccc1-c1ccccc1. The van der Waals surface area contributed by atoms with Crippen molar-refractivity contribution in [1.29, 1.82) is 0 Å². The Balaban J connectivity index is 2.50.